The molecule has 0 heterocycles. The van der Waals surface area contributed by atoms with Crippen molar-refractivity contribution in [3.63, 3.8) is 0 Å². The third-order valence-corrected chi connectivity index (χ3v) is 4.61. The summed E-state index contributed by atoms with van der Waals surface area (Å²) in [5.41, 5.74) is 0. The molecule has 5 heteroatoms. The van der Waals surface area contributed by atoms with Crippen molar-refractivity contribution in [1.82, 2.24) is 0 Å². The van der Waals surface area contributed by atoms with Crippen LogP contribution in [0.1, 0.15) is 51.4 Å². The SMILES string of the molecule is O=C(OC1CCC(Cl)CC1)OC1CCC(Cl)CC1. The maximum atomic E-state index is 11.6. The first-order chi connectivity index (χ1) is 8.63. The van der Waals surface area contributed by atoms with E-state index in [-0.39, 0.29) is 23.0 Å². The normalized spacial score (nSPS) is 37.0. The fourth-order valence-corrected chi connectivity index (χ4v) is 3.08. The van der Waals surface area contributed by atoms with Gasteiger partial charge in [0.05, 0.1) is 0 Å². The molecule has 2 fully saturated rings. The Morgan fingerprint density at radius 1 is 0.722 bits per heavy atom. The van der Waals surface area contributed by atoms with Crippen molar-refractivity contribution in [2.75, 3.05) is 0 Å². The Hall–Kier alpha value is -0.150. The molecule has 0 aromatic carbocycles. The second-order valence-electron chi connectivity index (χ2n) is 5.23. The lowest BCUT2D eigenvalue weighted by Gasteiger charge is -2.27. The number of alkyl halides is 2. The largest absolute Gasteiger partial charge is 0.508 e. The van der Waals surface area contributed by atoms with Gasteiger partial charge in [-0.25, -0.2) is 4.79 Å². The standard InChI is InChI=1S/C13H20Cl2O3/c14-9-1-5-11(6-2-9)17-13(16)18-12-7-3-10(15)4-8-12/h9-12H,1-8H2. The van der Waals surface area contributed by atoms with Gasteiger partial charge in [0.1, 0.15) is 12.2 Å². The van der Waals surface area contributed by atoms with E-state index in [2.05, 4.69) is 0 Å². The smallest absolute Gasteiger partial charge is 0.431 e. The van der Waals surface area contributed by atoms with E-state index >= 15 is 0 Å². The van der Waals surface area contributed by atoms with Crippen LogP contribution < -0.4 is 0 Å². The zero-order chi connectivity index (χ0) is 13.0. The number of hydrogen-bond acceptors (Lipinski definition) is 3. The second-order valence-corrected chi connectivity index (χ2v) is 6.47. The third kappa shape index (κ3) is 4.51. The predicted molar refractivity (Wildman–Crippen MR) is 71.4 cm³/mol. The van der Waals surface area contributed by atoms with Crippen molar-refractivity contribution < 1.29 is 14.3 Å². The van der Waals surface area contributed by atoms with Crippen molar-refractivity contribution in [3.05, 3.63) is 0 Å². The van der Waals surface area contributed by atoms with Crippen molar-refractivity contribution in [2.24, 2.45) is 0 Å². The summed E-state index contributed by atoms with van der Waals surface area (Å²) in [6.07, 6.45) is 6.48. The van der Waals surface area contributed by atoms with Crippen LogP contribution in [0.15, 0.2) is 0 Å². The number of carbonyl (C=O) groups is 1. The van der Waals surface area contributed by atoms with Crippen LogP contribution in [-0.4, -0.2) is 29.1 Å². The molecule has 0 atom stereocenters. The molecule has 0 N–H and O–H groups in total. The van der Waals surface area contributed by atoms with Gasteiger partial charge in [0.15, 0.2) is 0 Å². The molecule has 0 aromatic heterocycles. The van der Waals surface area contributed by atoms with Gasteiger partial charge in [0, 0.05) is 10.8 Å². The summed E-state index contributed by atoms with van der Waals surface area (Å²) in [5.74, 6) is 0. The fourth-order valence-electron chi connectivity index (χ4n) is 2.58. The molecule has 104 valence electrons. The molecule has 18 heavy (non-hydrogen) atoms. The van der Waals surface area contributed by atoms with Crippen LogP contribution in [-0.2, 0) is 9.47 Å². The van der Waals surface area contributed by atoms with Crippen molar-refractivity contribution in [2.45, 2.75) is 74.3 Å². The Bertz CT molecular complexity index is 243. The molecule has 0 aliphatic heterocycles. The first kappa shape index (κ1) is 14.3. The molecular weight excluding hydrogens is 275 g/mol. The highest BCUT2D eigenvalue weighted by Crippen LogP contribution is 2.27. The topological polar surface area (TPSA) is 35.5 Å². The maximum Gasteiger partial charge on any atom is 0.508 e. The summed E-state index contributed by atoms with van der Waals surface area (Å²) in [7, 11) is 0. The Kier molecular flexibility index (Phi) is 5.43. The van der Waals surface area contributed by atoms with E-state index < -0.39 is 6.16 Å². The minimum atomic E-state index is -0.522. The van der Waals surface area contributed by atoms with E-state index in [9.17, 15) is 4.79 Å². The third-order valence-electron chi connectivity index (χ3n) is 3.73. The van der Waals surface area contributed by atoms with Gasteiger partial charge in [-0.2, -0.15) is 0 Å². The lowest BCUT2D eigenvalue weighted by molar-refractivity contribution is -0.0185. The molecule has 0 saturated heterocycles. The molecule has 2 saturated carbocycles. The van der Waals surface area contributed by atoms with E-state index in [1.165, 1.54) is 0 Å². The van der Waals surface area contributed by atoms with Crippen molar-refractivity contribution in [1.29, 1.82) is 0 Å². The van der Waals surface area contributed by atoms with Gasteiger partial charge >= 0.3 is 6.16 Å². The number of ether oxygens (including phenoxy) is 2. The zero-order valence-corrected chi connectivity index (χ0v) is 12.0. The zero-order valence-electron chi connectivity index (χ0n) is 10.4. The minimum absolute atomic E-state index is 0.0168. The van der Waals surface area contributed by atoms with Crippen LogP contribution >= 0.6 is 23.2 Å². The molecular formula is C13H20Cl2O3. The van der Waals surface area contributed by atoms with Crippen molar-refractivity contribution in [3.8, 4) is 0 Å². The number of halogens is 2. The van der Waals surface area contributed by atoms with Gasteiger partial charge in [-0.1, -0.05) is 0 Å². The number of hydrogen-bond donors (Lipinski definition) is 0. The maximum absolute atomic E-state index is 11.6. The van der Waals surface area contributed by atoms with Crippen LogP contribution in [0.3, 0.4) is 0 Å². The summed E-state index contributed by atoms with van der Waals surface area (Å²) in [6.45, 7) is 0. The Labute approximate surface area is 118 Å². The van der Waals surface area contributed by atoms with E-state index in [1.807, 2.05) is 0 Å². The van der Waals surface area contributed by atoms with Gasteiger partial charge < -0.3 is 9.47 Å². The molecule has 2 aliphatic rings. The van der Waals surface area contributed by atoms with E-state index in [1.54, 1.807) is 0 Å². The predicted octanol–water partition coefficient (Wildman–Crippen LogP) is 4.24. The fraction of sp³-hybridized carbons (Fsp3) is 0.923. The van der Waals surface area contributed by atoms with Crippen LogP contribution in [0.25, 0.3) is 0 Å². The van der Waals surface area contributed by atoms with Gasteiger partial charge in [0.25, 0.3) is 0 Å². The van der Waals surface area contributed by atoms with Gasteiger partial charge in [-0.15, -0.1) is 23.2 Å². The van der Waals surface area contributed by atoms with Gasteiger partial charge in [0.2, 0.25) is 0 Å². The van der Waals surface area contributed by atoms with Crippen LogP contribution in [0.2, 0.25) is 0 Å². The summed E-state index contributed by atoms with van der Waals surface area (Å²) < 4.78 is 10.6. The number of rotatable bonds is 2. The lowest BCUT2D eigenvalue weighted by atomic mass is 9.97. The first-order valence-corrected chi connectivity index (χ1v) is 7.66. The minimum Gasteiger partial charge on any atom is -0.431 e. The average Bonchev–Trinajstić information content (AvgIpc) is 2.35. The molecule has 0 amide bonds. The molecule has 0 bridgehead atoms. The molecule has 0 unspecified atom stereocenters. The molecule has 2 rings (SSSR count). The van der Waals surface area contributed by atoms with E-state index in [0.29, 0.717) is 0 Å². The highest BCUT2D eigenvalue weighted by molar-refractivity contribution is 6.20. The Balaban J connectivity index is 1.66. The van der Waals surface area contributed by atoms with Gasteiger partial charge in [-0.05, 0) is 51.4 Å². The second kappa shape index (κ2) is 6.85. The molecule has 0 aromatic rings. The van der Waals surface area contributed by atoms with E-state index in [4.69, 9.17) is 32.7 Å². The molecule has 0 spiro atoms. The molecule has 0 radical (unpaired) electrons. The molecule has 2 aliphatic carbocycles. The van der Waals surface area contributed by atoms with E-state index in [0.717, 1.165) is 51.4 Å². The average molecular weight is 295 g/mol. The highest BCUT2D eigenvalue weighted by Gasteiger charge is 2.26. The quantitative estimate of drug-likeness (QED) is 0.564. The summed E-state index contributed by atoms with van der Waals surface area (Å²) in [4.78, 5) is 11.6. The van der Waals surface area contributed by atoms with Crippen LogP contribution in [0.4, 0.5) is 4.79 Å². The molecule has 3 nitrogen and oxygen atoms in total. The summed E-state index contributed by atoms with van der Waals surface area (Å²) in [5, 5.41) is 0.472. The van der Waals surface area contributed by atoms with Crippen molar-refractivity contribution >= 4 is 29.4 Å². The van der Waals surface area contributed by atoms with Crippen LogP contribution in [0.5, 0.6) is 0 Å². The summed E-state index contributed by atoms with van der Waals surface area (Å²) >= 11 is 12.0. The monoisotopic (exact) mass is 294 g/mol. The Morgan fingerprint density at radius 3 is 1.39 bits per heavy atom. The van der Waals surface area contributed by atoms with Gasteiger partial charge in [-0.3, -0.25) is 0 Å². The highest BCUT2D eigenvalue weighted by atomic mass is 35.5. The lowest BCUT2D eigenvalue weighted by Crippen LogP contribution is -2.29. The first-order valence-electron chi connectivity index (χ1n) is 6.79. The van der Waals surface area contributed by atoms with Crippen LogP contribution in [0, 0.1) is 0 Å². The number of carbonyl (C=O) groups excluding carboxylic acids is 1. The summed E-state index contributed by atoms with van der Waals surface area (Å²) in [6, 6.07) is 0. The Morgan fingerprint density at radius 2 is 1.06 bits per heavy atom.